The molecule has 0 saturated carbocycles. The fourth-order valence-electron chi connectivity index (χ4n) is 3.88. The van der Waals surface area contributed by atoms with Crippen LogP contribution in [0.1, 0.15) is 17.2 Å². The van der Waals surface area contributed by atoms with Crippen LogP contribution in [-0.2, 0) is 9.59 Å². The average molecular weight is 537 g/mol. The number of hydrogen-bond acceptors (Lipinski definition) is 5. The zero-order valence-corrected chi connectivity index (χ0v) is 20.6. The highest BCUT2D eigenvalue weighted by molar-refractivity contribution is 6.52. The standard InChI is InChI=1S/C25H17Cl3FNO5/c1-34-19-11-17(28)20(35-2)10-15(19)23(31)21-22(12-3-5-13(26)6-4-12)30(25(33)24(21)32)14-7-8-18(29)16(27)9-14/h3-11,22,31H,1-2H3/b23-21+. The van der Waals surface area contributed by atoms with Gasteiger partial charge in [-0.2, -0.15) is 0 Å². The fourth-order valence-corrected chi connectivity index (χ4v) is 4.42. The van der Waals surface area contributed by atoms with Crippen LogP contribution >= 0.6 is 34.8 Å². The van der Waals surface area contributed by atoms with Crippen LogP contribution in [0.5, 0.6) is 11.5 Å². The van der Waals surface area contributed by atoms with Gasteiger partial charge in [-0.25, -0.2) is 4.39 Å². The Labute approximate surface area is 215 Å². The minimum absolute atomic E-state index is 0.0860. The zero-order chi connectivity index (χ0) is 25.4. The molecular weight excluding hydrogens is 520 g/mol. The number of methoxy groups -OCH3 is 2. The Kier molecular flexibility index (Phi) is 6.94. The fraction of sp³-hybridized carbons (Fsp3) is 0.120. The molecule has 3 aromatic carbocycles. The maximum Gasteiger partial charge on any atom is 0.300 e. The summed E-state index contributed by atoms with van der Waals surface area (Å²) in [6.45, 7) is 0. The van der Waals surface area contributed by atoms with Crippen LogP contribution in [0.15, 0.2) is 60.2 Å². The molecule has 1 aliphatic rings. The van der Waals surface area contributed by atoms with Crippen LogP contribution in [0.3, 0.4) is 0 Å². The molecule has 35 heavy (non-hydrogen) atoms. The molecule has 4 rings (SSSR count). The molecule has 0 aromatic heterocycles. The molecule has 1 amide bonds. The number of benzene rings is 3. The summed E-state index contributed by atoms with van der Waals surface area (Å²) < 4.78 is 24.4. The van der Waals surface area contributed by atoms with Crippen molar-refractivity contribution in [1.29, 1.82) is 0 Å². The molecule has 0 aliphatic carbocycles. The van der Waals surface area contributed by atoms with Crippen molar-refractivity contribution in [2.75, 3.05) is 19.1 Å². The predicted molar refractivity (Wildman–Crippen MR) is 132 cm³/mol. The summed E-state index contributed by atoms with van der Waals surface area (Å²) in [6.07, 6.45) is 0. The number of anilines is 1. The van der Waals surface area contributed by atoms with Crippen LogP contribution < -0.4 is 14.4 Å². The number of ether oxygens (including phenoxy) is 2. The Balaban J connectivity index is 2.00. The molecule has 1 fully saturated rings. The molecule has 1 unspecified atom stereocenters. The van der Waals surface area contributed by atoms with Crippen LogP contribution in [-0.4, -0.2) is 31.0 Å². The molecule has 180 valence electrons. The van der Waals surface area contributed by atoms with Gasteiger partial charge in [-0.05, 0) is 42.0 Å². The second-order valence-corrected chi connectivity index (χ2v) is 8.76. The van der Waals surface area contributed by atoms with Gasteiger partial charge >= 0.3 is 0 Å². The lowest BCUT2D eigenvalue weighted by molar-refractivity contribution is -0.132. The van der Waals surface area contributed by atoms with Crippen molar-refractivity contribution in [3.8, 4) is 11.5 Å². The van der Waals surface area contributed by atoms with E-state index in [0.717, 1.165) is 11.0 Å². The van der Waals surface area contributed by atoms with Crippen LogP contribution in [0.2, 0.25) is 15.1 Å². The SMILES string of the molecule is COc1cc(/C(O)=C2\C(=O)C(=O)N(c3ccc(F)c(Cl)c3)C2c2ccc(Cl)cc2)c(OC)cc1Cl. The van der Waals surface area contributed by atoms with Crippen molar-refractivity contribution >= 4 is 57.9 Å². The minimum Gasteiger partial charge on any atom is -0.507 e. The Morgan fingerprint density at radius 2 is 1.57 bits per heavy atom. The molecule has 1 N–H and O–H groups in total. The summed E-state index contributed by atoms with van der Waals surface area (Å²) in [5, 5.41) is 11.8. The highest BCUT2D eigenvalue weighted by Gasteiger charge is 2.47. The number of halogens is 4. The van der Waals surface area contributed by atoms with Gasteiger partial charge in [0.05, 0.1) is 41.4 Å². The van der Waals surface area contributed by atoms with Crippen molar-refractivity contribution in [1.82, 2.24) is 0 Å². The third-order valence-electron chi connectivity index (χ3n) is 5.54. The first kappa shape index (κ1) is 24.9. The van der Waals surface area contributed by atoms with Gasteiger partial charge in [-0.1, -0.05) is 46.9 Å². The maximum absolute atomic E-state index is 13.8. The second-order valence-electron chi connectivity index (χ2n) is 7.51. The van der Waals surface area contributed by atoms with E-state index < -0.39 is 29.3 Å². The lowest BCUT2D eigenvalue weighted by Crippen LogP contribution is -2.29. The highest BCUT2D eigenvalue weighted by Crippen LogP contribution is 2.45. The van der Waals surface area contributed by atoms with E-state index in [4.69, 9.17) is 44.3 Å². The summed E-state index contributed by atoms with van der Waals surface area (Å²) in [7, 11) is 2.76. The summed E-state index contributed by atoms with van der Waals surface area (Å²) in [5.74, 6) is -2.72. The number of carbonyl (C=O) groups excluding carboxylic acids is 2. The highest BCUT2D eigenvalue weighted by atomic mass is 35.5. The van der Waals surface area contributed by atoms with Gasteiger partial charge in [-0.15, -0.1) is 0 Å². The van der Waals surface area contributed by atoms with Gasteiger partial charge in [0, 0.05) is 16.8 Å². The zero-order valence-electron chi connectivity index (χ0n) is 18.3. The maximum atomic E-state index is 13.8. The van der Waals surface area contributed by atoms with Crippen molar-refractivity contribution in [2.24, 2.45) is 0 Å². The second kappa shape index (κ2) is 9.77. The number of amides is 1. The van der Waals surface area contributed by atoms with E-state index >= 15 is 0 Å². The Morgan fingerprint density at radius 1 is 0.914 bits per heavy atom. The van der Waals surface area contributed by atoms with E-state index in [9.17, 15) is 19.1 Å². The third-order valence-corrected chi connectivity index (χ3v) is 6.38. The summed E-state index contributed by atoms with van der Waals surface area (Å²) in [6, 6.07) is 11.8. The van der Waals surface area contributed by atoms with Gasteiger partial charge in [0.25, 0.3) is 11.7 Å². The predicted octanol–water partition coefficient (Wildman–Crippen LogP) is 6.43. The normalized spacial score (nSPS) is 17.1. The van der Waals surface area contributed by atoms with Crippen molar-refractivity contribution in [2.45, 2.75) is 6.04 Å². The molecule has 1 heterocycles. The number of carbonyl (C=O) groups is 2. The molecule has 0 bridgehead atoms. The van der Waals surface area contributed by atoms with Crippen LogP contribution in [0.25, 0.3) is 5.76 Å². The molecule has 0 spiro atoms. The van der Waals surface area contributed by atoms with Gasteiger partial charge in [-0.3, -0.25) is 14.5 Å². The number of ketones is 1. The van der Waals surface area contributed by atoms with E-state index in [1.807, 2.05) is 0 Å². The molecule has 1 saturated heterocycles. The molecule has 1 atom stereocenters. The molecule has 0 radical (unpaired) electrons. The number of nitrogens with zero attached hydrogens (tertiary/aromatic N) is 1. The van der Waals surface area contributed by atoms with E-state index in [1.165, 1.54) is 38.5 Å². The van der Waals surface area contributed by atoms with Crippen LogP contribution in [0, 0.1) is 5.82 Å². The summed E-state index contributed by atoms with van der Waals surface area (Å²) >= 11 is 18.2. The average Bonchev–Trinajstić information content (AvgIpc) is 3.11. The van der Waals surface area contributed by atoms with E-state index in [0.29, 0.717) is 10.6 Å². The Hall–Kier alpha value is -3.26. The largest absolute Gasteiger partial charge is 0.507 e. The lowest BCUT2D eigenvalue weighted by Gasteiger charge is -2.26. The molecule has 6 nitrogen and oxygen atoms in total. The smallest absolute Gasteiger partial charge is 0.300 e. The topological polar surface area (TPSA) is 76.1 Å². The Morgan fingerprint density at radius 3 is 2.17 bits per heavy atom. The number of aliphatic hydroxyl groups excluding tert-OH is 1. The summed E-state index contributed by atoms with van der Waals surface area (Å²) in [4.78, 5) is 27.6. The first-order valence-corrected chi connectivity index (χ1v) is 11.2. The Bertz CT molecular complexity index is 1370. The summed E-state index contributed by atoms with van der Waals surface area (Å²) in [5.41, 5.74) is 0.497. The van der Waals surface area contributed by atoms with Gasteiger partial charge in [0.1, 0.15) is 23.1 Å². The first-order chi connectivity index (χ1) is 16.7. The third kappa shape index (κ3) is 4.43. The first-order valence-electron chi connectivity index (χ1n) is 10.1. The molecule has 1 aliphatic heterocycles. The quantitative estimate of drug-likeness (QED) is 0.231. The van der Waals surface area contributed by atoms with E-state index in [-0.39, 0.29) is 38.4 Å². The van der Waals surface area contributed by atoms with E-state index in [1.54, 1.807) is 24.3 Å². The van der Waals surface area contributed by atoms with Gasteiger partial charge in [0.15, 0.2) is 0 Å². The molecular formula is C25H17Cl3FNO5. The lowest BCUT2D eigenvalue weighted by atomic mass is 9.94. The van der Waals surface area contributed by atoms with Crippen molar-refractivity contribution in [3.63, 3.8) is 0 Å². The number of aliphatic hydroxyl groups is 1. The monoisotopic (exact) mass is 535 g/mol. The van der Waals surface area contributed by atoms with Crippen molar-refractivity contribution < 1.29 is 28.6 Å². The molecule has 10 heteroatoms. The number of rotatable bonds is 5. The number of hydrogen-bond donors (Lipinski definition) is 1. The van der Waals surface area contributed by atoms with Crippen LogP contribution in [0.4, 0.5) is 10.1 Å². The van der Waals surface area contributed by atoms with E-state index in [2.05, 4.69) is 0 Å². The van der Waals surface area contributed by atoms with Crippen molar-refractivity contribution in [3.05, 3.63) is 92.2 Å². The number of Topliss-reactive ketones (excluding diaryl/α,β-unsaturated/α-hetero) is 1. The van der Waals surface area contributed by atoms with Gasteiger partial charge in [0.2, 0.25) is 0 Å². The van der Waals surface area contributed by atoms with Gasteiger partial charge < -0.3 is 14.6 Å². The minimum atomic E-state index is -1.08. The molecule has 3 aromatic rings.